The van der Waals surface area contributed by atoms with Crippen LogP contribution in [0.4, 0.5) is 0 Å². The summed E-state index contributed by atoms with van der Waals surface area (Å²) in [5.74, 6) is 0. The lowest BCUT2D eigenvalue weighted by Crippen LogP contribution is -1.99. The minimum atomic E-state index is 0.822. The summed E-state index contributed by atoms with van der Waals surface area (Å²) in [7, 11) is 0. The van der Waals surface area contributed by atoms with Gasteiger partial charge in [-0.2, -0.15) is 0 Å². The fourth-order valence-corrected chi connectivity index (χ4v) is 3.25. The smallest absolute Gasteiger partial charge is 0.00801 e. The number of hydrogen-bond acceptors (Lipinski definition) is 2. The fraction of sp³-hybridized carbons (Fsp3) is 0.636. The van der Waals surface area contributed by atoms with Crippen LogP contribution in [0, 0.1) is 0 Å². The predicted molar refractivity (Wildman–Crippen MR) is 58.3 cm³/mol. The molecule has 0 aromatic carbocycles. The Labute approximate surface area is 84.0 Å². The fourth-order valence-electron chi connectivity index (χ4n) is 1.95. The van der Waals surface area contributed by atoms with Crippen LogP contribution in [0.3, 0.4) is 0 Å². The maximum atomic E-state index is 5.50. The highest BCUT2D eigenvalue weighted by Crippen LogP contribution is 2.30. The first kappa shape index (κ1) is 9.22. The molecule has 1 aliphatic carbocycles. The summed E-state index contributed by atoms with van der Waals surface area (Å²) in [4.78, 5) is 3.20. The quantitative estimate of drug-likeness (QED) is 0.788. The third-order valence-electron chi connectivity index (χ3n) is 2.67. The largest absolute Gasteiger partial charge is 0.330 e. The summed E-state index contributed by atoms with van der Waals surface area (Å²) in [5.41, 5.74) is 7.13. The highest BCUT2D eigenvalue weighted by molar-refractivity contribution is 7.12. The highest BCUT2D eigenvalue weighted by Gasteiger charge is 2.12. The van der Waals surface area contributed by atoms with Crippen LogP contribution in [0.15, 0.2) is 6.07 Å². The van der Waals surface area contributed by atoms with Crippen LogP contribution in [0.25, 0.3) is 0 Å². The maximum Gasteiger partial charge on any atom is 0.00801 e. The van der Waals surface area contributed by atoms with E-state index in [0.717, 1.165) is 13.0 Å². The Bertz CT molecular complexity index is 254. The number of fused-ring (bicyclic) bond motifs is 1. The van der Waals surface area contributed by atoms with Gasteiger partial charge in [-0.1, -0.05) is 0 Å². The van der Waals surface area contributed by atoms with E-state index in [2.05, 4.69) is 6.07 Å². The number of aryl methyl sites for hydroxylation is 3. The molecule has 0 radical (unpaired) electrons. The Morgan fingerprint density at radius 2 is 2.15 bits per heavy atom. The van der Waals surface area contributed by atoms with Crippen molar-refractivity contribution in [2.24, 2.45) is 5.73 Å². The van der Waals surface area contributed by atoms with Crippen LogP contribution >= 0.6 is 11.3 Å². The topological polar surface area (TPSA) is 26.0 Å². The number of rotatable bonds is 3. The normalized spacial score (nSPS) is 15.8. The molecule has 0 saturated carbocycles. The van der Waals surface area contributed by atoms with Gasteiger partial charge in [-0.3, -0.25) is 0 Å². The number of thiophene rings is 1. The van der Waals surface area contributed by atoms with E-state index in [-0.39, 0.29) is 0 Å². The first-order valence-corrected chi connectivity index (χ1v) is 6.02. The zero-order valence-corrected chi connectivity index (χ0v) is 8.83. The lowest BCUT2D eigenvalue weighted by atomic mass is 9.99. The third kappa shape index (κ3) is 2.12. The summed E-state index contributed by atoms with van der Waals surface area (Å²) >= 11 is 2.02. The zero-order valence-electron chi connectivity index (χ0n) is 8.01. The van der Waals surface area contributed by atoms with Crippen LogP contribution in [-0.4, -0.2) is 6.54 Å². The molecule has 0 spiro atoms. The molecule has 0 atom stereocenters. The van der Waals surface area contributed by atoms with Crippen LogP contribution < -0.4 is 5.73 Å². The molecular formula is C11H17NS. The van der Waals surface area contributed by atoms with Gasteiger partial charge in [0.15, 0.2) is 0 Å². The van der Waals surface area contributed by atoms with E-state index in [1.54, 1.807) is 15.3 Å². The lowest BCUT2D eigenvalue weighted by molar-refractivity contribution is 0.697. The van der Waals surface area contributed by atoms with Crippen molar-refractivity contribution in [1.82, 2.24) is 0 Å². The molecule has 1 aromatic rings. The molecule has 1 aliphatic rings. The second kappa shape index (κ2) is 4.25. The van der Waals surface area contributed by atoms with Gasteiger partial charge in [0.1, 0.15) is 0 Å². The van der Waals surface area contributed by atoms with Crippen molar-refractivity contribution in [2.45, 2.75) is 38.5 Å². The highest BCUT2D eigenvalue weighted by atomic mass is 32.1. The third-order valence-corrected chi connectivity index (χ3v) is 3.97. The van der Waals surface area contributed by atoms with E-state index in [1.165, 1.54) is 32.1 Å². The molecule has 1 heterocycles. The molecule has 1 nitrogen and oxygen atoms in total. The summed E-state index contributed by atoms with van der Waals surface area (Å²) in [6, 6.07) is 2.41. The number of nitrogens with two attached hydrogens (primary N) is 1. The van der Waals surface area contributed by atoms with Crippen molar-refractivity contribution in [2.75, 3.05) is 6.54 Å². The molecule has 2 rings (SSSR count). The summed E-state index contributed by atoms with van der Waals surface area (Å²) in [5, 5.41) is 0. The van der Waals surface area contributed by atoms with Crippen LogP contribution in [0.1, 0.15) is 34.6 Å². The van der Waals surface area contributed by atoms with E-state index in [9.17, 15) is 0 Å². The molecule has 0 aliphatic heterocycles. The van der Waals surface area contributed by atoms with Gasteiger partial charge in [0.2, 0.25) is 0 Å². The SMILES string of the molecule is NCCCc1cc2c(s1)CCCC2. The second-order valence-corrected chi connectivity index (χ2v) is 4.98. The van der Waals surface area contributed by atoms with Crippen LogP contribution in [0.5, 0.6) is 0 Å². The molecule has 0 amide bonds. The van der Waals surface area contributed by atoms with Crippen molar-refractivity contribution < 1.29 is 0 Å². The molecule has 0 saturated heterocycles. The average Bonchev–Trinajstić information content (AvgIpc) is 2.57. The predicted octanol–water partition coefficient (Wildman–Crippen LogP) is 2.52. The van der Waals surface area contributed by atoms with Gasteiger partial charge in [0.05, 0.1) is 0 Å². The molecule has 13 heavy (non-hydrogen) atoms. The Balaban J connectivity index is 2.07. The summed E-state index contributed by atoms with van der Waals surface area (Å²) in [6.07, 6.45) is 7.74. The minimum Gasteiger partial charge on any atom is -0.330 e. The average molecular weight is 195 g/mol. The standard InChI is InChI=1S/C11H17NS/c12-7-3-5-10-8-9-4-1-2-6-11(9)13-10/h8H,1-7,12H2. The van der Waals surface area contributed by atoms with E-state index in [1.807, 2.05) is 11.3 Å². The maximum absolute atomic E-state index is 5.50. The molecule has 1 aromatic heterocycles. The molecule has 2 heteroatoms. The Morgan fingerprint density at radius 1 is 1.31 bits per heavy atom. The Kier molecular flexibility index (Phi) is 3.01. The van der Waals surface area contributed by atoms with Crippen LogP contribution in [-0.2, 0) is 19.3 Å². The molecule has 0 fully saturated rings. The molecule has 0 bridgehead atoms. The van der Waals surface area contributed by atoms with Gasteiger partial charge >= 0.3 is 0 Å². The van der Waals surface area contributed by atoms with E-state index >= 15 is 0 Å². The van der Waals surface area contributed by atoms with Crippen molar-refractivity contribution in [3.63, 3.8) is 0 Å². The van der Waals surface area contributed by atoms with Gasteiger partial charge in [0.25, 0.3) is 0 Å². The first-order valence-electron chi connectivity index (χ1n) is 5.20. The summed E-state index contributed by atoms with van der Waals surface area (Å²) in [6.45, 7) is 0.822. The van der Waals surface area contributed by atoms with E-state index < -0.39 is 0 Å². The van der Waals surface area contributed by atoms with Gasteiger partial charge in [0, 0.05) is 9.75 Å². The summed E-state index contributed by atoms with van der Waals surface area (Å²) < 4.78 is 0. The molecule has 0 unspecified atom stereocenters. The van der Waals surface area contributed by atoms with E-state index in [4.69, 9.17) is 5.73 Å². The van der Waals surface area contributed by atoms with Crippen molar-refractivity contribution in [3.05, 3.63) is 21.4 Å². The van der Waals surface area contributed by atoms with Gasteiger partial charge in [-0.15, -0.1) is 11.3 Å². The second-order valence-electron chi connectivity index (χ2n) is 3.76. The monoisotopic (exact) mass is 195 g/mol. The molecule has 72 valence electrons. The van der Waals surface area contributed by atoms with Gasteiger partial charge < -0.3 is 5.73 Å². The van der Waals surface area contributed by atoms with Crippen molar-refractivity contribution >= 4 is 11.3 Å². The molecule has 2 N–H and O–H groups in total. The zero-order chi connectivity index (χ0) is 9.10. The van der Waals surface area contributed by atoms with Crippen molar-refractivity contribution in [3.8, 4) is 0 Å². The molecular weight excluding hydrogens is 178 g/mol. The van der Waals surface area contributed by atoms with E-state index in [0.29, 0.717) is 0 Å². The van der Waals surface area contributed by atoms with Crippen molar-refractivity contribution in [1.29, 1.82) is 0 Å². The van der Waals surface area contributed by atoms with Gasteiger partial charge in [-0.05, 0) is 56.7 Å². The lowest BCUT2D eigenvalue weighted by Gasteiger charge is -2.08. The number of hydrogen-bond donors (Lipinski definition) is 1. The Morgan fingerprint density at radius 3 is 2.92 bits per heavy atom. The Hall–Kier alpha value is -0.340. The van der Waals surface area contributed by atoms with Gasteiger partial charge in [-0.25, -0.2) is 0 Å². The van der Waals surface area contributed by atoms with Crippen LogP contribution in [0.2, 0.25) is 0 Å². The first-order chi connectivity index (χ1) is 6.40. The minimum absolute atomic E-state index is 0.822.